The Kier molecular flexibility index (Phi) is 8.32. The van der Waals surface area contributed by atoms with Gasteiger partial charge in [0, 0.05) is 11.5 Å². The van der Waals surface area contributed by atoms with E-state index in [2.05, 4.69) is 10.3 Å². The summed E-state index contributed by atoms with van der Waals surface area (Å²) in [7, 11) is 0. The molecule has 0 radical (unpaired) electrons. The molecule has 1 aromatic heterocycles. The molecule has 3 rings (SSSR count). The molecule has 1 aliphatic heterocycles. The van der Waals surface area contributed by atoms with Gasteiger partial charge in [0.2, 0.25) is 0 Å². The summed E-state index contributed by atoms with van der Waals surface area (Å²) in [5.74, 6) is -0.0223. The van der Waals surface area contributed by atoms with Crippen molar-refractivity contribution in [3.05, 3.63) is 36.5 Å². The Labute approximate surface area is 176 Å². The highest BCUT2D eigenvalue weighted by molar-refractivity contribution is 5.57. The van der Waals surface area contributed by atoms with Gasteiger partial charge in [-0.3, -0.25) is 0 Å². The molecule has 1 fully saturated rings. The van der Waals surface area contributed by atoms with Gasteiger partial charge in [-0.2, -0.15) is 0 Å². The molecule has 30 heavy (non-hydrogen) atoms. The van der Waals surface area contributed by atoms with Crippen LogP contribution < -0.4 is 0 Å². The number of aromatic nitrogens is 3. The molecular formula is C21H31N3O6. The Hall–Kier alpha value is -1.88. The highest BCUT2D eigenvalue weighted by atomic mass is 16.6. The first-order chi connectivity index (χ1) is 14.5. The molecule has 0 unspecified atom stereocenters. The van der Waals surface area contributed by atoms with Crippen molar-refractivity contribution in [2.24, 2.45) is 5.92 Å². The Bertz CT molecular complexity index is 756. The summed E-state index contributed by atoms with van der Waals surface area (Å²) in [5.41, 5.74) is 1.76. The van der Waals surface area contributed by atoms with Gasteiger partial charge in [-0.25, -0.2) is 4.68 Å². The predicted molar refractivity (Wildman–Crippen MR) is 109 cm³/mol. The Morgan fingerprint density at radius 2 is 1.97 bits per heavy atom. The number of ether oxygens (including phenoxy) is 3. The van der Waals surface area contributed by atoms with Crippen LogP contribution in [0.2, 0.25) is 0 Å². The predicted octanol–water partition coefficient (Wildman–Crippen LogP) is 0.484. The van der Waals surface area contributed by atoms with Gasteiger partial charge in [0.05, 0.1) is 45.3 Å². The molecule has 3 N–H and O–H groups in total. The van der Waals surface area contributed by atoms with Gasteiger partial charge in [-0.1, -0.05) is 42.5 Å². The minimum atomic E-state index is -1.11. The van der Waals surface area contributed by atoms with E-state index in [-0.39, 0.29) is 19.1 Å². The molecule has 1 saturated heterocycles. The standard InChI is InChI=1S/C21H31N3O6/c1-14(15(2)25)11-28-12-18-20(26)21(27)19(13-30-18)29-9-8-24-10-17(22-23-24)16-6-4-3-5-7-16/h3-7,10,14-15,18-21,25-27H,8-9,11-13H2,1-2H3/t14-,15+,18-,19-,20-,21+/m1/s1. The van der Waals surface area contributed by atoms with Gasteiger partial charge >= 0.3 is 0 Å². The van der Waals surface area contributed by atoms with Gasteiger partial charge in [0.1, 0.15) is 30.1 Å². The number of hydrogen-bond donors (Lipinski definition) is 3. The van der Waals surface area contributed by atoms with Crippen molar-refractivity contribution in [3.8, 4) is 11.3 Å². The second-order valence-corrected chi connectivity index (χ2v) is 7.75. The monoisotopic (exact) mass is 421 g/mol. The van der Waals surface area contributed by atoms with E-state index in [0.717, 1.165) is 11.3 Å². The fraction of sp³-hybridized carbons (Fsp3) is 0.619. The highest BCUT2D eigenvalue weighted by Gasteiger charge is 2.39. The molecule has 6 atom stereocenters. The van der Waals surface area contributed by atoms with Crippen molar-refractivity contribution >= 4 is 0 Å². The van der Waals surface area contributed by atoms with E-state index in [9.17, 15) is 15.3 Å². The summed E-state index contributed by atoms with van der Waals surface area (Å²) in [6.45, 7) is 4.98. The lowest BCUT2D eigenvalue weighted by atomic mass is 10.0. The minimum absolute atomic E-state index is 0.0223. The third kappa shape index (κ3) is 6.07. The number of aliphatic hydroxyl groups is 3. The zero-order chi connectivity index (χ0) is 21.5. The Morgan fingerprint density at radius 3 is 2.70 bits per heavy atom. The number of benzene rings is 1. The average Bonchev–Trinajstić information content (AvgIpc) is 3.22. The average molecular weight is 421 g/mol. The number of hydrogen-bond acceptors (Lipinski definition) is 8. The lowest BCUT2D eigenvalue weighted by Gasteiger charge is -2.37. The third-order valence-corrected chi connectivity index (χ3v) is 5.33. The Morgan fingerprint density at radius 1 is 1.20 bits per heavy atom. The second-order valence-electron chi connectivity index (χ2n) is 7.75. The lowest BCUT2D eigenvalue weighted by Crippen LogP contribution is -2.55. The third-order valence-electron chi connectivity index (χ3n) is 5.33. The smallest absolute Gasteiger partial charge is 0.113 e. The van der Waals surface area contributed by atoms with E-state index in [4.69, 9.17) is 14.2 Å². The van der Waals surface area contributed by atoms with Gasteiger partial charge in [0.25, 0.3) is 0 Å². The summed E-state index contributed by atoms with van der Waals surface area (Å²) >= 11 is 0. The van der Waals surface area contributed by atoms with Crippen LogP contribution in [0, 0.1) is 5.92 Å². The topological polar surface area (TPSA) is 119 Å². The number of nitrogens with zero attached hydrogens (tertiary/aromatic N) is 3. The first kappa shape index (κ1) is 22.8. The molecule has 0 amide bonds. The Balaban J connectivity index is 1.40. The molecule has 166 valence electrons. The van der Waals surface area contributed by atoms with Gasteiger partial charge in [0.15, 0.2) is 0 Å². The first-order valence-electron chi connectivity index (χ1n) is 10.3. The molecule has 0 saturated carbocycles. The van der Waals surface area contributed by atoms with Crippen LogP contribution in [0.4, 0.5) is 0 Å². The van der Waals surface area contributed by atoms with Crippen molar-refractivity contribution in [1.82, 2.24) is 15.0 Å². The van der Waals surface area contributed by atoms with Gasteiger partial charge in [-0.15, -0.1) is 5.10 Å². The van der Waals surface area contributed by atoms with Gasteiger partial charge in [-0.05, 0) is 6.92 Å². The van der Waals surface area contributed by atoms with E-state index in [0.29, 0.717) is 19.8 Å². The SMILES string of the molecule is C[C@H](O)[C@H](C)COC[C@H]1OC[C@@H](OCCn2cc(-c3ccccc3)nn2)[C@H](O)[C@@H]1O. The maximum atomic E-state index is 10.4. The van der Waals surface area contributed by atoms with Crippen LogP contribution in [0.1, 0.15) is 13.8 Å². The van der Waals surface area contributed by atoms with Crippen molar-refractivity contribution in [2.45, 2.75) is 50.9 Å². The number of rotatable bonds is 10. The van der Waals surface area contributed by atoms with Crippen LogP contribution in [0.25, 0.3) is 11.3 Å². The quantitative estimate of drug-likeness (QED) is 0.507. The maximum Gasteiger partial charge on any atom is 0.113 e. The molecular weight excluding hydrogens is 390 g/mol. The first-order valence-corrected chi connectivity index (χ1v) is 10.3. The van der Waals surface area contributed by atoms with Crippen LogP contribution in [0.5, 0.6) is 0 Å². The molecule has 9 heteroatoms. The summed E-state index contributed by atoms with van der Waals surface area (Å²) < 4.78 is 18.5. The van der Waals surface area contributed by atoms with Crippen LogP contribution in [0.15, 0.2) is 36.5 Å². The van der Waals surface area contributed by atoms with Gasteiger partial charge < -0.3 is 29.5 Å². The molecule has 1 aromatic carbocycles. The second kappa shape index (κ2) is 10.9. The summed E-state index contributed by atoms with van der Waals surface area (Å²) in [4.78, 5) is 0. The fourth-order valence-electron chi connectivity index (χ4n) is 3.10. The molecule has 9 nitrogen and oxygen atoms in total. The molecule has 2 heterocycles. The van der Waals surface area contributed by atoms with Crippen molar-refractivity contribution in [1.29, 1.82) is 0 Å². The maximum absolute atomic E-state index is 10.4. The molecule has 0 aliphatic carbocycles. The van der Waals surface area contributed by atoms with Crippen LogP contribution >= 0.6 is 0 Å². The van der Waals surface area contributed by atoms with E-state index < -0.39 is 30.5 Å². The van der Waals surface area contributed by atoms with E-state index in [1.807, 2.05) is 43.5 Å². The zero-order valence-corrected chi connectivity index (χ0v) is 17.4. The van der Waals surface area contributed by atoms with E-state index in [1.54, 1.807) is 11.6 Å². The van der Waals surface area contributed by atoms with Crippen LogP contribution in [-0.4, -0.2) is 87.3 Å². The molecule has 0 spiro atoms. The van der Waals surface area contributed by atoms with Crippen molar-refractivity contribution in [2.75, 3.05) is 26.4 Å². The van der Waals surface area contributed by atoms with E-state index in [1.165, 1.54) is 0 Å². The van der Waals surface area contributed by atoms with E-state index >= 15 is 0 Å². The normalized spacial score (nSPS) is 26.4. The van der Waals surface area contributed by atoms with Crippen LogP contribution in [-0.2, 0) is 20.8 Å². The summed E-state index contributed by atoms with van der Waals surface area (Å²) in [6, 6.07) is 9.76. The minimum Gasteiger partial charge on any atom is -0.393 e. The van der Waals surface area contributed by atoms with Crippen LogP contribution in [0.3, 0.4) is 0 Å². The largest absolute Gasteiger partial charge is 0.393 e. The molecule has 1 aliphatic rings. The summed E-state index contributed by atoms with van der Waals surface area (Å²) in [6.07, 6.45) is -2.09. The number of aliphatic hydroxyl groups excluding tert-OH is 3. The van der Waals surface area contributed by atoms with Crippen molar-refractivity contribution < 1.29 is 29.5 Å². The van der Waals surface area contributed by atoms with Crippen molar-refractivity contribution in [3.63, 3.8) is 0 Å². The molecule has 2 aromatic rings. The zero-order valence-electron chi connectivity index (χ0n) is 17.4. The highest BCUT2D eigenvalue weighted by Crippen LogP contribution is 2.19. The fourth-order valence-corrected chi connectivity index (χ4v) is 3.10. The molecule has 0 bridgehead atoms. The summed E-state index contributed by atoms with van der Waals surface area (Å²) in [5, 5.41) is 38.4. The lowest BCUT2D eigenvalue weighted by molar-refractivity contribution is -0.213.